The zero-order chi connectivity index (χ0) is 11.7. The summed E-state index contributed by atoms with van der Waals surface area (Å²) >= 11 is 3.29. The van der Waals surface area contributed by atoms with Gasteiger partial charge in [-0.25, -0.2) is 9.97 Å². The molecule has 3 nitrogen and oxygen atoms in total. The van der Waals surface area contributed by atoms with Gasteiger partial charge in [0.05, 0.1) is 28.0 Å². The minimum absolute atomic E-state index is 0.738. The molecule has 0 saturated heterocycles. The fourth-order valence-electron chi connectivity index (χ4n) is 1.60. The van der Waals surface area contributed by atoms with Gasteiger partial charge in [-0.2, -0.15) is 0 Å². The smallest absolute Gasteiger partial charge is 0.184 e. The van der Waals surface area contributed by atoms with E-state index in [2.05, 4.69) is 40.4 Å². The molecule has 86 valence electrons. The van der Waals surface area contributed by atoms with E-state index >= 15 is 0 Å². The zero-order valence-corrected chi connectivity index (χ0v) is 10.9. The maximum Gasteiger partial charge on any atom is 0.184 e. The van der Waals surface area contributed by atoms with Crippen molar-refractivity contribution in [2.45, 2.75) is 13.5 Å². The molecular weight excluding hydrogens is 250 g/mol. The van der Waals surface area contributed by atoms with Crippen molar-refractivity contribution >= 4 is 38.0 Å². The lowest BCUT2D eigenvalue weighted by Crippen LogP contribution is -1.98. The minimum atomic E-state index is 0.738. The number of fused-ring (bicyclic) bond motifs is 1. The molecule has 17 heavy (non-hydrogen) atoms. The van der Waals surface area contributed by atoms with Crippen LogP contribution < -0.4 is 5.32 Å². The van der Waals surface area contributed by atoms with Gasteiger partial charge in [-0.15, -0.1) is 11.3 Å². The first kappa shape index (κ1) is 10.7. The largest absolute Gasteiger partial charge is 0.356 e. The van der Waals surface area contributed by atoms with Crippen molar-refractivity contribution in [2.24, 2.45) is 0 Å². The third kappa shape index (κ3) is 2.30. The number of rotatable bonds is 3. The van der Waals surface area contributed by atoms with Crippen LogP contribution in [0.2, 0.25) is 0 Å². The van der Waals surface area contributed by atoms with Crippen LogP contribution >= 0.6 is 22.7 Å². The van der Waals surface area contributed by atoms with Crippen molar-refractivity contribution in [3.05, 3.63) is 40.3 Å². The van der Waals surface area contributed by atoms with Crippen molar-refractivity contribution in [3.8, 4) is 0 Å². The summed E-state index contributed by atoms with van der Waals surface area (Å²) in [6.45, 7) is 2.82. The molecule has 5 heteroatoms. The molecule has 0 aliphatic heterocycles. The van der Waals surface area contributed by atoms with Gasteiger partial charge < -0.3 is 5.32 Å². The highest BCUT2D eigenvalue weighted by molar-refractivity contribution is 7.22. The molecule has 3 aromatic rings. The highest BCUT2D eigenvalue weighted by atomic mass is 32.1. The second-order valence-corrected chi connectivity index (χ2v) is 5.57. The van der Waals surface area contributed by atoms with E-state index in [0.29, 0.717) is 0 Å². The molecule has 2 heterocycles. The Hall–Kier alpha value is -1.46. The molecule has 3 rings (SSSR count). The van der Waals surface area contributed by atoms with Crippen LogP contribution in [-0.2, 0) is 6.54 Å². The number of nitrogens with zero attached hydrogens (tertiary/aromatic N) is 2. The van der Waals surface area contributed by atoms with E-state index in [4.69, 9.17) is 0 Å². The molecule has 0 aliphatic rings. The molecule has 1 N–H and O–H groups in total. The normalized spacial score (nSPS) is 10.9. The van der Waals surface area contributed by atoms with Crippen molar-refractivity contribution in [3.63, 3.8) is 0 Å². The Morgan fingerprint density at radius 1 is 1.35 bits per heavy atom. The minimum Gasteiger partial charge on any atom is -0.356 e. The standard InChI is InChI=1S/C12H11N3S2/c1-8-2-3-11-10(4-8)15-12(17-11)13-5-9-6-16-7-14-9/h2-4,6-7H,5H2,1H3,(H,13,15). The fourth-order valence-corrected chi connectivity index (χ4v) is 3.00. The lowest BCUT2D eigenvalue weighted by molar-refractivity contribution is 1.07. The van der Waals surface area contributed by atoms with Gasteiger partial charge in [-0.1, -0.05) is 17.4 Å². The molecule has 0 amide bonds. The summed E-state index contributed by atoms with van der Waals surface area (Å²) in [5, 5.41) is 6.31. The number of anilines is 1. The molecule has 0 bridgehead atoms. The third-order valence-corrected chi connectivity index (χ3v) is 4.08. The number of nitrogens with one attached hydrogen (secondary N) is 1. The Bertz CT molecular complexity index is 628. The highest BCUT2D eigenvalue weighted by Gasteiger charge is 2.03. The lowest BCUT2D eigenvalue weighted by Gasteiger charge is -1.97. The van der Waals surface area contributed by atoms with Gasteiger partial charge in [0.1, 0.15) is 0 Å². The van der Waals surface area contributed by atoms with Crippen molar-refractivity contribution in [1.82, 2.24) is 9.97 Å². The van der Waals surface area contributed by atoms with E-state index in [9.17, 15) is 0 Å². The third-order valence-electron chi connectivity index (χ3n) is 2.45. The maximum atomic E-state index is 4.56. The number of aromatic nitrogens is 2. The molecule has 0 unspecified atom stereocenters. The molecule has 0 fully saturated rings. The number of thiazole rings is 2. The van der Waals surface area contributed by atoms with E-state index in [0.717, 1.165) is 22.9 Å². The van der Waals surface area contributed by atoms with E-state index in [-0.39, 0.29) is 0 Å². The maximum absolute atomic E-state index is 4.56. The van der Waals surface area contributed by atoms with Crippen molar-refractivity contribution in [2.75, 3.05) is 5.32 Å². The molecule has 0 aliphatic carbocycles. The molecule has 0 radical (unpaired) electrons. The van der Waals surface area contributed by atoms with Gasteiger partial charge in [0.2, 0.25) is 0 Å². The highest BCUT2D eigenvalue weighted by Crippen LogP contribution is 2.26. The van der Waals surface area contributed by atoms with E-state index in [1.807, 2.05) is 10.9 Å². The van der Waals surface area contributed by atoms with Gasteiger partial charge >= 0.3 is 0 Å². The predicted octanol–water partition coefficient (Wildman–Crippen LogP) is 3.67. The second-order valence-electron chi connectivity index (χ2n) is 3.82. The Morgan fingerprint density at radius 3 is 3.12 bits per heavy atom. The Balaban J connectivity index is 1.81. The summed E-state index contributed by atoms with van der Waals surface area (Å²) < 4.78 is 1.22. The number of hydrogen-bond acceptors (Lipinski definition) is 5. The Kier molecular flexibility index (Phi) is 2.78. The summed E-state index contributed by atoms with van der Waals surface area (Å²) in [5.41, 5.74) is 5.22. The number of benzene rings is 1. The van der Waals surface area contributed by atoms with Crippen LogP contribution in [0.4, 0.5) is 5.13 Å². The fraction of sp³-hybridized carbons (Fsp3) is 0.167. The van der Waals surface area contributed by atoms with E-state index < -0.39 is 0 Å². The van der Waals surface area contributed by atoms with Crippen LogP contribution in [0, 0.1) is 6.92 Å². The van der Waals surface area contributed by atoms with Gasteiger partial charge in [-0.05, 0) is 24.6 Å². The van der Waals surface area contributed by atoms with Crippen molar-refractivity contribution < 1.29 is 0 Å². The summed E-state index contributed by atoms with van der Waals surface area (Å²) in [5.74, 6) is 0. The van der Waals surface area contributed by atoms with Crippen LogP contribution in [0.25, 0.3) is 10.2 Å². The summed E-state index contributed by atoms with van der Waals surface area (Å²) in [6, 6.07) is 6.35. The molecule has 0 spiro atoms. The van der Waals surface area contributed by atoms with Crippen LogP contribution in [0.1, 0.15) is 11.3 Å². The van der Waals surface area contributed by atoms with Crippen LogP contribution in [-0.4, -0.2) is 9.97 Å². The van der Waals surface area contributed by atoms with Gasteiger partial charge in [0, 0.05) is 5.38 Å². The van der Waals surface area contributed by atoms with Gasteiger partial charge in [-0.3, -0.25) is 0 Å². The average molecular weight is 261 g/mol. The van der Waals surface area contributed by atoms with E-state index in [1.165, 1.54) is 10.3 Å². The predicted molar refractivity (Wildman–Crippen MR) is 73.8 cm³/mol. The zero-order valence-electron chi connectivity index (χ0n) is 9.30. The molecular formula is C12H11N3S2. The monoisotopic (exact) mass is 261 g/mol. The first-order valence-corrected chi connectivity index (χ1v) is 7.05. The average Bonchev–Trinajstić information content (AvgIpc) is 2.94. The first-order chi connectivity index (χ1) is 8.31. The Labute approximate surface area is 107 Å². The topological polar surface area (TPSA) is 37.8 Å². The van der Waals surface area contributed by atoms with Gasteiger partial charge in [0.15, 0.2) is 5.13 Å². The van der Waals surface area contributed by atoms with Crippen LogP contribution in [0.5, 0.6) is 0 Å². The van der Waals surface area contributed by atoms with Crippen LogP contribution in [0.3, 0.4) is 0 Å². The molecule has 1 aromatic carbocycles. The first-order valence-electron chi connectivity index (χ1n) is 5.29. The van der Waals surface area contributed by atoms with E-state index in [1.54, 1.807) is 22.7 Å². The lowest BCUT2D eigenvalue weighted by atomic mass is 10.2. The SMILES string of the molecule is Cc1ccc2sc(NCc3cscn3)nc2c1. The van der Waals surface area contributed by atoms with Crippen molar-refractivity contribution in [1.29, 1.82) is 0 Å². The molecule has 2 aromatic heterocycles. The van der Waals surface area contributed by atoms with Crippen LogP contribution in [0.15, 0.2) is 29.1 Å². The number of hydrogen-bond donors (Lipinski definition) is 1. The van der Waals surface area contributed by atoms with Gasteiger partial charge in [0.25, 0.3) is 0 Å². The number of aryl methyl sites for hydroxylation is 1. The molecule has 0 atom stereocenters. The summed E-state index contributed by atoms with van der Waals surface area (Å²) in [7, 11) is 0. The molecule has 0 saturated carbocycles. The summed E-state index contributed by atoms with van der Waals surface area (Å²) in [6.07, 6.45) is 0. The summed E-state index contributed by atoms with van der Waals surface area (Å²) in [4.78, 5) is 8.79. The Morgan fingerprint density at radius 2 is 2.29 bits per heavy atom. The quantitative estimate of drug-likeness (QED) is 0.781. The second kappa shape index (κ2) is 4.43.